The van der Waals surface area contributed by atoms with Crippen LogP contribution in [0.1, 0.15) is 65.2 Å². The van der Waals surface area contributed by atoms with E-state index in [0.29, 0.717) is 12.3 Å². The molecule has 3 saturated carbocycles. The Bertz CT molecular complexity index is 627. The average Bonchev–Trinajstić information content (AvgIpc) is 2.80. The van der Waals surface area contributed by atoms with Crippen LogP contribution in [0.3, 0.4) is 0 Å². The van der Waals surface area contributed by atoms with Crippen molar-refractivity contribution in [2.24, 2.45) is 28.1 Å². The maximum atomic E-state index is 12.6. The van der Waals surface area contributed by atoms with Crippen LogP contribution in [0, 0.1) is 28.1 Å². The van der Waals surface area contributed by atoms with Crippen LogP contribution in [-0.2, 0) is 9.53 Å². The standard InChI is InChI=1S/C21H32O4/c1-18-8-4-9-19(2,17(23)25-3)15(18)7-10-20-11-14(5-6-16(18)20)21(24,12-20)13-22/h6,14-15,22,24H,4-5,7-13H2,1-3H3/t14-,15-,18+,19+,20+,21-/m0/s1. The molecule has 4 aliphatic carbocycles. The lowest BCUT2D eigenvalue weighted by Crippen LogP contribution is -2.54. The molecule has 6 atom stereocenters. The lowest BCUT2D eigenvalue weighted by molar-refractivity contribution is -0.165. The average molecular weight is 348 g/mol. The molecule has 2 N–H and O–H groups in total. The number of aliphatic hydroxyl groups excluding tert-OH is 1. The Hall–Kier alpha value is -0.870. The topological polar surface area (TPSA) is 66.8 Å². The Labute approximate surface area is 150 Å². The predicted octanol–water partition coefficient (Wildman–Crippen LogP) is 3.22. The predicted molar refractivity (Wildman–Crippen MR) is 94.7 cm³/mol. The highest BCUT2D eigenvalue weighted by molar-refractivity contribution is 5.77. The quantitative estimate of drug-likeness (QED) is 0.594. The third kappa shape index (κ3) is 2.10. The van der Waals surface area contributed by atoms with Gasteiger partial charge in [-0.15, -0.1) is 0 Å². The lowest BCUT2D eigenvalue weighted by atomic mass is 9.44. The van der Waals surface area contributed by atoms with Gasteiger partial charge in [0.15, 0.2) is 0 Å². The van der Waals surface area contributed by atoms with Crippen LogP contribution in [0.4, 0.5) is 0 Å². The third-order valence-corrected chi connectivity index (χ3v) is 8.60. The molecule has 140 valence electrons. The van der Waals surface area contributed by atoms with E-state index in [9.17, 15) is 15.0 Å². The van der Waals surface area contributed by atoms with E-state index in [-0.39, 0.29) is 29.3 Å². The van der Waals surface area contributed by atoms with Gasteiger partial charge in [0.05, 0.1) is 24.7 Å². The first-order valence-electron chi connectivity index (χ1n) is 9.87. The molecule has 4 aliphatic rings. The summed E-state index contributed by atoms with van der Waals surface area (Å²) >= 11 is 0. The summed E-state index contributed by atoms with van der Waals surface area (Å²) in [6.45, 7) is 4.31. The zero-order chi connectivity index (χ0) is 18.1. The number of allylic oxidation sites excluding steroid dienone is 2. The smallest absolute Gasteiger partial charge is 0.311 e. The Morgan fingerprint density at radius 1 is 1.32 bits per heavy atom. The molecular weight excluding hydrogens is 316 g/mol. The summed E-state index contributed by atoms with van der Waals surface area (Å²) in [5, 5.41) is 20.8. The van der Waals surface area contributed by atoms with E-state index in [4.69, 9.17) is 4.74 Å². The molecule has 0 aromatic carbocycles. The minimum atomic E-state index is -0.929. The molecule has 0 aromatic rings. The summed E-state index contributed by atoms with van der Waals surface area (Å²) < 4.78 is 5.20. The summed E-state index contributed by atoms with van der Waals surface area (Å²) in [4.78, 5) is 12.6. The fraction of sp³-hybridized carbons (Fsp3) is 0.857. The number of carbonyl (C=O) groups excluding carboxylic acids is 1. The van der Waals surface area contributed by atoms with Crippen molar-refractivity contribution in [1.29, 1.82) is 0 Å². The molecule has 4 nitrogen and oxygen atoms in total. The lowest BCUT2D eigenvalue weighted by Gasteiger charge is -2.60. The second-order valence-electron chi connectivity index (χ2n) is 9.74. The maximum absolute atomic E-state index is 12.6. The Balaban J connectivity index is 1.75. The van der Waals surface area contributed by atoms with Gasteiger partial charge in [-0.25, -0.2) is 0 Å². The van der Waals surface area contributed by atoms with Crippen LogP contribution in [-0.4, -0.2) is 35.5 Å². The van der Waals surface area contributed by atoms with Crippen molar-refractivity contribution in [3.05, 3.63) is 11.6 Å². The molecule has 0 unspecified atom stereocenters. The van der Waals surface area contributed by atoms with Gasteiger partial charge in [0, 0.05) is 0 Å². The van der Waals surface area contributed by atoms with Crippen LogP contribution in [0.5, 0.6) is 0 Å². The van der Waals surface area contributed by atoms with Crippen molar-refractivity contribution in [3.8, 4) is 0 Å². The van der Waals surface area contributed by atoms with Gasteiger partial charge >= 0.3 is 5.97 Å². The number of ether oxygens (including phenoxy) is 1. The number of hydrogen-bond donors (Lipinski definition) is 2. The Kier molecular flexibility index (Phi) is 3.73. The van der Waals surface area contributed by atoms with Gasteiger partial charge in [-0.2, -0.15) is 0 Å². The fourth-order valence-corrected chi connectivity index (χ4v) is 7.53. The Morgan fingerprint density at radius 3 is 2.76 bits per heavy atom. The molecule has 0 radical (unpaired) electrons. The molecule has 1 spiro atoms. The number of rotatable bonds is 2. The minimum Gasteiger partial charge on any atom is -0.469 e. The van der Waals surface area contributed by atoms with E-state index in [1.54, 1.807) is 0 Å². The van der Waals surface area contributed by atoms with Crippen molar-refractivity contribution in [2.45, 2.75) is 70.8 Å². The van der Waals surface area contributed by atoms with Crippen molar-refractivity contribution in [1.82, 2.24) is 0 Å². The van der Waals surface area contributed by atoms with Gasteiger partial charge < -0.3 is 14.9 Å². The molecule has 3 fully saturated rings. The summed E-state index contributed by atoms with van der Waals surface area (Å²) in [6.07, 6.45) is 9.99. The fourth-order valence-electron chi connectivity index (χ4n) is 7.53. The van der Waals surface area contributed by atoms with E-state index < -0.39 is 11.0 Å². The zero-order valence-corrected chi connectivity index (χ0v) is 15.8. The second-order valence-corrected chi connectivity index (χ2v) is 9.74. The third-order valence-electron chi connectivity index (χ3n) is 8.60. The number of fused-ring (bicyclic) bond motifs is 3. The van der Waals surface area contributed by atoms with Crippen LogP contribution >= 0.6 is 0 Å². The number of aliphatic hydroxyl groups is 2. The number of hydrogen-bond acceptors (Lipinski definition) is 4. The molecular formula is C21H32O4. The van der Waals surface area contributed by atoms with Crippen molar-refractivity contribution < 1.29 is 19.7 Å². The summed E-state index contributed by atoms with van der Waals surface area (Å²) in [5.74, 6) is 0.418. The van der Waals surface area contributed by atoms with Crippen LogP contribution in [0.25, 0.3) is 0 Å². The molecule has 4 rings (SSSR count). The van der Waals surface area contributed by atoms with Gasteiger partial charge in [0.2, 0.25) is 0 Å². The van der Waals surface area contributed by atoms with Gasteiger partial charge in [-0.3, -0.25) is 4.79 Å². The summed E-state index contributed by atoms with van der Waals surface area (Å²) in [6, 6.07) is 0. The van der Waals surface area contributed by atoms with Gasteiger partial charge in [-0.1, -0.05) is 25.0 Å². The first-order valence-corrected chi connectivity index (χ1v) is 9.87. The van der Waals surface area contributed by atoms with Gasteiger partial charge in [0.25, 0.3) is 0 Å². The SMILES string of the molecule is COC(=O)[C@]1(C)CCC[C@@]2(C)C3=CC[C@H]4C[C@]3(CC[C@H]12)C[C@]4(O)CO. The molecule has 0 aromatic heterocycles. The second kappa shape index (κ2) is 5.32. The normalized spacial score (nSPS) is 51.3. The first kappa shape index (κ1) is 17.5. The molecule has 0 aliphatic heterocycles. The van der Waals surface area contributed by atoms with Crippen LogP contribution < -0.4 is 0 Å². The highest BCUT2D eigenvalue weighted by Gasteiger charge is 2.65. The van der Waals surface area contributed by atoms with Gasteiger partial charge in [0.1, 0.15) is 0 Å². The zero-order valence-electron chi connectivity index (χ0n) is 15.8. The Morgan fingerprint density at radius 2 is 2.08 bits per heavy atom. The van der Waals surface area contributed by atoms with Crippen molar-refractivity contribution in [3.63, 3.8) is 0 Å². The first-order chi connectivity index (χ1) is 11.7. The van der Waals surface area contributed by atoms with E-state index in [0.717, 1.165) is 44.9 Å². The summed E-state index contributed by atoms with van der Waals surface area (Å²) in [5.41, 5.74) is 0.173. The molecule has 0 heterocycles. The highest BCUT2D eigenvalue weighted by atomic mass is 16.5. The number of carbonyl (C=O) groups is 1. The molecule has 2 bridgehead atoms. The molecule has 0 saturated heterocycles. The molecule has 4 heteroatoms. The number of methoxy groups -OCH3 is 1. The highest BCUT2D eigenvalue weighted by Crippen LogP contribution is 2.71. The molecule has 0 amide bonds. The monoisotopic (exact) mass is 348 g/mol. The minimum absolute atomic E-state index is 0.00508. The van der Waals surface area contributed by atoms with Crippen LogP contribution in [0.15, 0.2) is 11.6 Å². The van der Waals surface area contributed by atoms with E-state index in [2.05, 4.69) is 19.9 Å². The van der Waals surface area contributed by atoms with Crippen LogP contribution in [0.2, 0.25) is 0 Å². The number of esters is 1. The molecule has 25 heavy (non-hydrogen) atoms. The maximum Gasteiger partial charge on any atom is 0.311 e. The van der Waals surface area contributed by atoms with Gasteiger partial charge in [-0.05, 0) is 74.5 Å². The van der Waals surface area contributed by atoms with E-state index >= 15 is 0 Å². The van der Waals surface area contributed by atoms with Crippen molar-refractivity contribution >= 4 is 5.97 Å². The largest absolute Gasteiger partial charge is 0.469 e. The van der Waals surface area contributed by atoms with E-state index in [1.165, 1.54) is 12.7 Å². The van der Waals surface area contributed by atoms with E-state index in [1.807, 2.05) is 0 Å². The van der Waals surface area contributed by atoms with Crippen molar-refractivity contribution in [2.75, 3.05) is 13.7 Å². The summed E-state index contributed by atoms with van der Waals surface area (Å²) in [7, 11) is 1.51.